The average Bonchev–Trinajstić information content (AvgIpc) is 2.76. The maximum Gasteiger partial charge on any atom is 0.145 e. The summed E-state index contributed by atoms with van der Waals surface area (Å²) < 4.78 is 24.7. The predicted molar refractivity (Wildman–Crippen MR) is 141 cm³/mol. The van der Waals surface area contributed by atoms with E-state index in [-0.39, 0.29) is 10.8 Å². The van der Waals surface area contributed by atoms with Crippen LogP contribution in [0.5, 0.6) is 0 Å². The molecule has 0 N–H and O–H groups in total. The Bertz CT molecular complexity index is 321. The highest BCUT2D eigenvalue weighted by atomic mass is 33.5. The van der Waals surface area contributed by atoms with Crippen LogP contribution in [0.2, 0.25) is 13.1 Å². The highest BCUT2D eigenvalue weighted by Gasteiger charge is 2.30. The van der Waals surface area contributed by atoms with E-state index in [0.717, 1.165) is 76.5 Å². The molecule has 0 aliphatic heterocycles. The molecule has 0 saturated heterocycles. The van der Waals surface area contributed by atoms with Gasteiger partial charge in [-0.15, -0.1) is 0 Å². The Morgan fingerprint density at radius 2 is 0.897 bits per heavy atom. The summed E-state index contributed by atoms with van der Waals surface area (Å²) in [7, 11) is 4.94. The first-order chi connectivity index (χ1) is 14.1. The van der Waals surface area contributed by atoms with E-state index in [4.69, 9.17) is 18.9 Å². The normalized spacial score (nSPS) is 13.4. The van der Waals surface area contributed by atoms with Crippen LogP contribution in [-0.4, -0.2) is 67.8 Å². The van der Waals surface area contributed by atoms with Crippen molar-refractivity contribution in [2.45, 2.75) is 90.1 Å². The van der Waals surface area contributed by atoms with Crippen LogP contribution in [0.15, 0.2) is 0 Å². The van der Waals surface area contributed by atoms with E-state index in [9.17, 15) is 0 Å². The minimum absolute atomic E-state index is 0.269. The molecule has 0 heterocycles. The van der Waals surface area contributed by atoms with E-state index >= 15 is 0 Å². The predicted octanol–water partition coefficient (Wildman–Crippen LogP) is 5.24. The topological polar surface area (TPSA) is 36.9 Å². The molecule has 0 aromatic heterocycles. The summed E-state index contributed by atoms with van der Waals surface area (Å²) in [5.41, 5.74) is -0.537. The van der Waals surface area contributed by atoms with Gasteiger partial charge in [0.1, 0.15) is 10.8 Å². The van der Waals surface area contributed by atoms with Crippen LogP contribution >= 0.6 is 31.4 Å². The highest BCUT2D eigenvalue weighted by molar-refractivity contribution is 9.09. The fraction of sp³-hybridized carbons (Fsp3) is 1.00. The molecule has 0 aliphatic carbocycles. The van der Waals surface area contributed by atoms with Gasteiger partial charge in [0.15, 0.2) is 0 Å². The maximum atomic E-state index is 6.17. The molecule has 0 aromatic carbocycles. The van der Waals surface area contributed by atoms with Gasteiger partial charge in [-0.2, -0.15) is 0 Å². The second-order valence-electron chi connectivity index (χ2n) is 7.13. The SMILES string of the molecule is CCCOC(CCSSSCCC(OCCC)(OCCC)[SiH2]C)(OCCC)[SiH2]C. The Balaban J connectivity index is 4.28. The van der Waals surface area contributed by atoms with Crippen molar-refractivity contribution >= 4 is 50.5 Å². The lowest BCUT2D eigenvalue weighted by atomic mass is 10.4. The molecule has 4 nitrogen and oxygen atoms in total. The quantitative estimate of drug-likeness (QED) is 0.0866. The molecule has 0 fully saturated rings. The third-order valence-corrected chi connectivity index (χ3v) is 12.5. The Hall–Kier alpha value is 1.32. The fourth-order valence-corrected chi connectivity index (χ4v) is 9.69. The van der Waals surface area contributed by atoms with Gasteiger partial charge in [-0.05, 0) is 35.5 Å². The standard InChI is InChI=1S/C20H46O4S3Si2/c1-7-13-21-19(28-5,22-14-8-2)11-17-25-27-26-18-12-20(29-6,23-15-9-3)24-16-10-4/h7-18,28-29H2,1-6H3. The Morgan fingerprint density at radius 1 is 0.586 bits per heavy atom. The summed E-state index contributed by atoms with van der Waals surface area (Å²) in [6.07, 6.45) is 6.19. The third kappa shape index (κ3) is 14.2. The molecule has 0 rings (SSSR count). The minimum atomic E-state index is -0.404. The van der Waals surface area contributed by atoms with Crippen molar-refractivity contribution in [3.8, 4) is 0 Å². The van der Waals surface area contributed by atoms with Crippen molar-refractivity contribution < 1.29 is 18.9 Å². The lowest BCUT2D eigenvalue weighted by molar-refractivity contribution is -0.181. The van der Waals surface area contributed by atoms with E-state index in [2.05, 4.69) is 40.8 Å². The zero-order chi connectivity index (χ0) is 21.8. The monoisotopic (exact) mass is 502 g/mol. The molecular formula is C20H46O4S3Si2. The average molecular weight is 503 g/mol. The van der Waals surface area contributed by atoms with Gasteiger partial charge in [0.25, 0.3) is 0 Å². The second kappa shape index (κ2) is 20.0. The van der Waals surface area contributed by atoms with Crippen LogP contribution in [0.4, 0.5) is 0 Å². The van der Waals surface area contributed by atoms with Crippen LogP contribution in [0, 0.1) is 0 Å². The Morgan fingerprint density at radius 3 is 1.14 bits per heavy atom. The van der Waals surface area contributed by atoms with Crippen LogP contribution < -0.4 is 0 Å². The van der Waals surface area contributed by atoms with Crippen molar-refractivity contribution in [1.82, 2.24) is 0 Å². The summed E-state index contributed by atoms with van der Waals surface area (Å²) in [5.74, 6) is 2.14. The molecule has 0 amide bonds. The summed E-state index contributed by atoms with van der Waals surface area (Å²) in [6, 6.07) is 0. The zero-order valence-electron chi connectivity index (χ0n) is 19.8. The number of hydrogen-bond acceptors (Lipinski definition) is 7. The smallest absolute Gasteiger partial charge is 0.145 e. The first-order valence-electron chi connectivity index (χ1n) is 11.5. The second-order valence-corrected chi connectivity index (χ2v) is 15.2. The van der Waals surface area contributed by atoms with Gasteiger partial charge in [-0.3, -0.25) is 0 Å². The van der Waals surface area contributed by atoms with Gasteiger partial charge in [0.05, 0.1) is 19.0 Å². The third-order valence-electron chi connectivity index (χ3n) is 4.58. The van der Waals surface area contributed by atoms with Crippen molar-refractivity contribution in [3.05, 3.63) is 0 Å². The Labute approximate surface area is 196 Å². The molecular weight excluding hydrogens is 457 g/mol. The summed E-state index contributed by atoms with van der Waals surface area (Å²) in [4.78, 5) is 0. The van der Waals surface area contributed by atoms with Crippen molar-refractivity contribution in [2.75, 3.05) is 37.9 Å². The minimum Gasteiger partial charge on any atom is -0.354 e. The Kier molecular flexibility index (Phi) is 20.9. The first-order valence-corrected chi connectivity index (χ1v) is 19.6. The van der Waals surface area contributed by atoms with Crippen molar-refractivity contribution in [3.63, 3.8) is 0 Å². The highest BCUT2D eigenvalue weighted by Crippen LogP contribution is 2.38. The molecule has 0 radical (unpaired) electrons. The van der Waals surface area contributed by atoms with E-state index in [1.54, 1.807) is 0 Å². The molecule has 0 saturated carbocycles. The van der Waals surface area contributed by atoms with E-state index in [0.29, 0.717) is 0 Å². The molecule has 0 aliphatic rings. The van der Waals surface area contributed by atoms with Gasteiger partial charge in [0.2, 0.25) is 0 Å². The molecule has 0 atom stereocenters. The molecule has 0 unspecified atom stereocenters. The van der Waals surface area contributed by atoms with Gasteiger partial charge in [0, 0.05) is 50.8 Å². The van der Waals surface area contributed by atoms with E-state index < -0.39 is 19.0 Å². The maximum absolute atomic E-state index is 6.17. The molecule has 176 valence electrons. The number of rotatable bonds is 22. The van der Waals surface area contributed by atoms with Crippen LogP contribution in [0.25, 0.3) is 0 Å². The van der Waals surface area contributed by atoms with Crippen molar-refractivity contribution in [1.29, 1.82) is 0 Å². The molecule has 0 bridgehead atoms. The number of hydrogen-bond donors (Lipinski definition) is 0. The lowest BCUT2D eigenvalue weighted by Gasteiger charge is -2.33. The van der Waals surface area contributed by atoms with E-state index in [1.165, 1.54) is 0 Å². The number of ether oxygens (including phenoxy) is 4. The van der Waals surface area contributed by atoms with Crippen LogP contribution in [0.1, 0.15) is 66.2 Å². The molecule has 29 heavy (non-hydrogen) atoms. The molecule has 9 heteroatoms. The fourth-order valence-electron chi connectivity index (χ4n) is 2.78. The molecule has 0 spiro atoms. The zero-order valence-corrected chi connectivity index (χ0v) is 25.0. The molecule has 0 aromatic rings. The largest absolute Gasteiger partial charge is 0.354 e. The lowest BCUT2D eigenvalue weighted by Crippen LogP contribution is -2.42. The first kappa shape index (κ1) is 30.3. The van der Waals surface area contributed by atoms with Crippen molar-refractivity contribution in [2.24, 2.45) is 0 Å². The summed E-state index contributed by atoms with van der Waals surface area (Å²) >= 11 is 0. The van der Waals surface area contributed by atoms with Gasteiger partial charge >= 0.3 is 0 Å². The van der Waals surface area contributed by atoms with E-state index in [1.807, 2.05) is 31.4 Å². The van der Waals surface area contributed by atoms with Crippen LogP contribution in [-0.2, 0) is 18.9 Å². The van der Waals surface area contributed by atoms with Gasteiger partial charge < -0.3 is 18.9 Å². The van der Waals surface area contributed by atoms with Crippen LogP contribution in [0.3, 0.4) is 0 Å². The van der Waals surface area contributed by atoms with Gasteiger partial charge in [-0.25, -0.2) is 0 Å². The summed E-state index contributed by atoms with van der Waals surface area (Å²) in [6.45, 7) is 16.5. The van der Waals surface area contributed by atoms with Gasteiger partial charge in [-0.1, -0.05) is 62.4 Å². The summed E-state index contributed by atoms with van der Waals surface area (Å²) in [5, 5.41) is 0.